The summed E-state index contributed by atoms with van der Waals surface area (Å²) in [6.45, 7) is 1.92. The summed E-state index contributed by atoms with van der Waals surface area (Å²) in [6, 6.07) is 0. The van der Waals surface area contributed by atoms with Crippen LogP contribution in [-0.4, -0.2) is 52.1 Å². The van der Waals surface area contributed by atoms with Crippen LogP contribution in [0.5, 0.6) is 0 Å². The quantitative estimate of drug-likeness (QED) is 0.361. The van der Waals surface area contributed by atoms with Crippen molar-refractivity contribution >= 4 is 5.91 Å². The molecule has 0 bridgehead atoms. The van der Waals surface area contributed by atoms with Crippen LogP contribution in [-0.2, 0) is 4.79 Å². The maximum absolute atomic E-state index is 11.8. The molecule has 0 aliphatic heterocycles. The largest absolute Gasteiger partial charge is 0.394 e. The second kappa shape index (κ2) is 6.15. The van der Waals surface area contributed by atoms with Gasteiger partial charge >= 0.3 is 0 Å². The highest BCUT2D eigenvalue weighted by Crippen LogP contribution is 2.13. The highest BCUT2D eigenvalue weighted by atomic mass is 16.3. The van der Waals surface area contributed by atoms with Crippen molar-refractivity contribution < 1.29 is 20.1 Å². The Labute approximate surface area is 95.5 Å². The van der Waals surface area contributed by atoms with Crippen molar-refractivity contribution in [3.05, 3.63) is 0 Å². The lowest BCUT2D eigenvalue weighted by Gasteiger charge is -2.34. The Balaban J connectivity index is 4.76. The van der Waals surface area contributed by atoms with Crippen LogP contribution in [0.1, 0.15) is 26.7 Å². The molecule has 0 rings (SSSR count). The molecule has 0 atom stereocenters. The van der Waals surface area contributed by atoms with Crippen LogP contribution in [0.25, 0.3) is 0 Å². The predicted molar refractivity (Wildman–Crippen MR) is 59.6 cm³/mol. The number of hydrogen-bond donors (Lipinski definition) is 5. The lowest BCUT2D eigenvalue weighted by molar-refractivity contribution is -0.131. The smallest absolute Gasteiger partial charge is 0.240 e. The summed E-state index contributed by atoms with van der Waals surface area (Å²) in [5, 5.41) is 29.6. The summed E-state index contributed by atoms with van der Waals surface area (Å²) in [7, 11) is 0. The van der Waals surface area contributed by atoms with Crippen molar-refractivity contribution in [2.45, 2.75) is 37.8 Å². The van der Waals surface area contributed by atoms with Gasteiger partial charge in [-0.3, -0.25) is 4.79 Å². The number of hydrogen-bond acceptors (Lipinski definition) is 5. The van der Waals surface area contributed by atoms with Gasteiger partial charge in [0.05, 0.1) is 25.4 Å². The van der Waals surface area contributed by atoms with Crippen molar-refractivity contribution in [3.63, 3.8) is 0 Å². The molecule has 0 fully saturated rings. The van der Waals surface area contributed by atoms with Gasteiger partial charge in [0.25, 0.3) is 0 Å². The van der Waals surface area contributed by atoms with Gasteiger partial charge in [0, 0.05) is 0 Å². The molecule has 0 unspecified atom stereocenters. The fourth-order valence-corrected chi connectivity index (χ4v) is 1.21. The molecule has 0 aliphatic carbocycles. The van der Waals surface area contributed by atoms with Crippen LogP contribution in [0.4, 0.5) is 0 Å². The Morgan fingerprint density at radius 1 is 1.12 bits per heavy atom. The van der Waals surface area contributed by atoms with E-state index in [9.17, 15) is 4.79 Å². The molecule has 0 radical (unpaired) electrons. The highest BCUT2D eigenvalue weighted by Gasteiger charge is 2.37. The van der Waals surface area contributed by atoms with Gasteiger partial charge in [-0.1, -0.05) is 13.8 Å². The van der Waals surface area contributed by atoms with Crippen molar-refractivity contribution in [2.75, 3.05) is 19.8 Å². The predicted octanol–water partition coefficient (Wildman–Crippen LogP) is -1.66. The minimum Gasteiger partial charge on any atom is -0.394 e. The van der Waals surface area contributed by atoms with Gasteiger partial charge in [-0.25, -0.2) is 0 Å². The zero-order valence-electron chi connectivity index (χ0n) is 9.86. The van der Waals surface area contributed by atoms with E-state index in [4.69, 9.17) is 21.1 Å². The molecule has 0 saturated heterocycles. The molecule has 0 spiro atoms. The first-order valence-electron chi connectivity index (χ1n) is 5.37. The highest BCUT2D eigenvalue weighted by molar-refractivity contribution is 5.86. The van der Waals surface area contributed by atoms with E-state index in [1.165, 1.54) is 0 Å². The molecule has 0 saturated carbocycles. The first-order valence-corrected chi connectivity index (χ1v) is 5.37. The maximum atomic E-state index is 11.8. The second-order valence-corrected chi connectivity index (χ2v) is 4.07. The Kier molecular flexibility index (Phi) is 5.88. The van der Waals surface area contributed by atoms with Gasteiger partial charge in [0.15, 0.2) is 0 Å². The molecule has 0 aliphatic rings. The molecule has 6 heteroatoms. The van der Waals surface area contributed by atoms with E-state index in [1.807, 2.05) is 0 Å². The minimum atomic E-state index is -1.41. The van der Waals surface area contributed by atoms with Gasteiger partial charge < -0.3 is 26.4 Å². The average Bonchev–Trinajstić information content (AvgIpc) is 2.34. The molecule has 96 valence electrons. The van der Waals surface area contributed by atoms with E-state index in [-0.39, 0.29) is 0 Å². The first-order chi connectivity index (χ1) is 7.43. The third-order valence-corrected chi connectivity index (χ3v) is 3.00. The Morgan fingerprint density at radius 2 is 1.50 bits per heavy atom. The number of aliphatic hydroxyl groups excluding tert-OH is 3. The zero-order valence-corrected chi connectivity index (χ0v) is 9.86. The lowest BCUT2D eigenvalue weighted by Crippen LogP contribution is -2.64. The molecule has 0 aromatic carbocycles. The van der Waals surface area contributed by atoms with Crippen LogP contribution >= 0.6 is 0 Å². The summed E-state index contributed by atoms with van der Waals surface area (Å²) < 4.78 is 0. The third-order valence-electron chi connectivity index (χ3n) is 3.00. The Hall–Kier alpha value is -0.690. The van der Waals surface area contributed by atoms with Gasteiger partial charge in [-0.2, -0.15) is 0 Å². The van der Waals surface area contributed by atoms with E-state index >= 15 is 0 Å². The van der Waals surface area contributed by atoms with Crippen LogP contribution in [0.2, 0.25) is 0 Å². The second-order valence-electron chi connectivity index (χ2n) is 4.07. The summed E-state index contributed by atoms with van der Waals surface area (Å²) >= 11 is 0. The number of rotatable bonds is 7. The van der Waals surface area contributed by atoms with Crippen molar-refractivity contribution in [2.24, 2.45) is 5.73 Å². The Morgan fingerprint density at radius 3 is 1.75 bits per heavy atom. The molecule has 6 N–H and O–H groups in total. The first kappa shape index (κ1) is 15.3. The summed E-state index contributed by atoms with van der Waals surface area (Å²) in [6.07, 6.45) is 0.876. The normalized spacial score (nSPS) is 12.6. The minimum absolute atomic E-state index is 0.438. The summed E-state index contributed by atoms with van der Waals surface area (Å²) in [4.78, 5) is 11.8. The van der Waals surface area contributed by atoms with Crippen molar-refractivity contribution in [1.82, 2.24) is 5.32 Å². The number of nitrogens with one attached hydrogen (secondary N) is 1. The van der Waals surface area contributed by atoms with Gasteiger partial charge in [-0.15, -0.1) is 0 Å². The monoisotopic (exact) mass is 234 g/mol. The van der Waals surface area contributed by atoms with E-state index in [2.05, 4.69) is 5.32 Å². The number of carbonyl (C=O) groups excluding carboxylic acids is 1. The topological polar surface area (TPSA) is 116 Å². The van der Waals surface area contributed by atoms with Crippen LogP contribution in [0, 0.1) is 0 Å². The van der Waals surface area contributed by atoms with E-state index < -0.39 is 36.8 Å². The lowest BCUT2D eigenvalue weighted by atomic mass is 9.91. The molecule has 6 nitrogen and oxygen atoms in total. The zero-order chi connectivity index (χ0) is 12.8. The van der Waals surface area contributed by atoms with Crippen molar-refractivity contribution in [3.8, 4) is 0 Å². The third kappa shape index (κ3) is 3.15. The Bertz CT molecular complexity index is 217. The van der Waals surface area contributed by atoms with Crippen LogP contribution in [0.15, 0.2) is 0 Å². The fourth-order valence-electron chi connectivity index (χ4n) is 1.21. The van der Waals surface area contributed by atoms with Gasteiger partial charge in [0.1, 0.15) is 5.54 Å². The maximum Gasteiger partial charge on any atom is 0.240 e. The van der Waals surface area contributed by atoms with Crippen LogP contribution < -0.4 is 11.1 Å². The molecule has 0 aromatic rings. The van der Waals surface area contributed by atoms with E-state index in [0.29, 0.717) is 12.8 Å². The molecule has 0 heterocycles. The van der Waals surface area contributed by atoms with Crippen molar-refractivity contribution in [1.29, 1.82) is 0 Å². The van der Waals surface area contributed by atoms with E-state index in [0.717, 1.165) is 0 Å². The van der Waals surface area contributed by atoms with Gasteiger partial charge in [0.2, 0.25) is 5.91 Å². The number of nitrogens with two attached hydrogens (primary N) is 1. The molecular formula is C10H22N2O4. The fraction of sp³-hybridized carbons (Fsp3) is 0.900. The van der Waals surface area contributed by atoms with Crippen LogP contribution in [0.3, 0.4) is 0 Å². The molecule has 0 aromatic heterocycles. The molecule has 16 heavy (non-hydrogen) atoms. The standard InChI is InChI=1S/C10H22N2O4/c1-3-10(11,4-2)8(16)12-9(5-13,6-14)7-15/h13-15H,3-7,11H2,1-2H3,(H,12,16). The summed E-state index contributed by atoms with van der Waals surface area (Å²) in [5.41, 5.74) is 3.41. The number of amides is 1. The molecular weight excluding hydrogens is 212 g/mol. The number of aliphatic hydroxyl groups is 3. The summed E-state index contributed by atoms with van der Waals surface area (Å²) in [5.74, 6) is -0.477. The van der Waals surface area contributed by atoms with Gasteiger partial charge in [-0.05, 0) is 12.8 Å². The number of carbonyl (C=O) groups is 1. The average molecular weight is 234 g/mol. The SMILES string of the molecule is CCC(N)(CC)C(=O)NC(CO)(CO)CO. The molecule has 1 amide bonds. The van der Waals surface area contributed by atoms with E-state index in [1.54, 1.807) is 13.8 Å².